The van der Waals surface area contributed by atoms with Gasteiger partial charge in [0.25, 0.3) is 0 Å². The third-order valence-corrected chi connectivity index (χ3v) is 5.27. The van der Waals surface area contributed by atoms with Gasteiger partial charge in [-0.05, 0) is 13.8 Å². The van der Waals surface area contributed by atoms with Crippen molar-refractivity contribution in [2.75, 3.05) is 72.2 Å². The van der Waals surface area contributed by atoms with Crippen molar-refractivity contribution in [1.29, 1.82) is 0 Å². The zero-order valence-corrected chi connectivity index (χ0v) is 18.8. The van der Waals surface area contributed by atoms with Crippen LogP contribution in [0.4, 0.5) is 0 Å². The first-order valence-corrected chi connectivity index (χ1v) is 9.31. The van der Waals surface area contributed by atoms with Crippen molar-refractivity contribution in [2.24, 2.45) is 0 Å². The summed E-state index contributed by atoms with van der Waals surface area (Å²) in [6.07, 6.45) is 0.289. The summed E-state index contributed by atoms with van der Waals surface area (Å²) in [7, 11) is 0. The minimum Gasteiger partial charge on any atom is -0.378 e. The van der Waals surface area contributed by atoms with Gasteiger partial charge in [-0.25, -0.2) is 0 Å². The number of hydrogen-bond acceptors (Lipinski definition) is 6. The van der Waals surface area contributed by atoms with E-state index < -0.39 is 0 Å². The van der Waals surface area contributed by atoms with Gasteiger partial charge in [0.15, 0.2) is 0 Å². The van der Waals surface area contributed by atoms with Crippen molar-refractivity contribution in [3.63, 3.8) is 0 Å². The van der Waals surface area contributed by atoms with Gasteiger partial charge < -0.3 is 19.7 Å². The number of rotatable bonds is 4. The average Bonchev–Trinajstić information content (AvgIpc) is 2.63. The molecular formula is C17H35Cl3N4O3. The van der Waals surface area contributed by atoms with E-state index in [1.54, 1.807) is 0 Å². The van der Waals surface area contributed by atoms with Crippen LogP contribution in [0.25, 0.3) is 0 Å². The second kappa shape index (κ2) is 13.4. The molecule has 0 radical (unpaired) electrons. The van der Waals surface area contributed by atoms with Crippen LogP contribution in [-0.4, -0.2) is 111 Å². The summed E-state index contributed by atoms with van der Waals surface area (Å²) >= 11 is 0. The molecule has 3 fully saturated rings. The zero-order valence-electron chi connectivity index (χ0n) is 16.3. The molecule has 3 aliphatic heterocycles. The van der Waals surface area contributed by atoms with Gasteiger partial charge in [-0.15, -0.1) is 37.2 Å². The summed E-state index contributed by atoms with van der Waals surface area (Å²) in [4.78, 5) is 19.4. The molecule has 7 nitrogen and oxygen atoms in total. The standard InChI is InChI=1S/C17H32N4O3.3ClH/c1-14(2)21-8-10-24-15(12-21)11-19-4-6-20(7-5-19)17(22)16-13-23-9-3-18-16;;;/h14-16,18H,3-13H2,1-2H3;3*1H. The van der Waals surface area contributed by atoms with E-state index >= 15 is 0 Å². The number of hydrogen-bond donors (Lipinski definition) is 1. The lowest BCUT2D eigenvalue weighted by Gasteiger charge is -2.41. The van der Waals surface area contributed by atoms with Crippen LogP contribution in [0.3, 0.4) is 0 Å². The average molecular weight is 450 g/mol. The van der Waals surface area contributed by atoms with Gasteiger partial charge in [0.2, 0.25) is 5.91 Å². The predicted molar refractivity (Wildman–Crippen MR) is 114 cm³/mol. The lowest BCUT2D eigenvalue weighted by Crippen LogP contribution is -2.58. The summed E-state index contributed by atoms with van der Waals surface area (Å²) in [6, 6.07) is 0.419. The molecule has 0 saturated carbocycles. The molecule has 27 heavy (non-hydrogen) atoms. The number of morpholine rings is 2. The molecule has 0 aromatic carbocycles. The van der Waals surface area contributed by atoms with E-state index in [4.69, 9.17) is 9.47 Å². The van der Waals surface area contributed by atoms with Crippen molar-refractivity contribution in [1.82, 2.24) is 20.0 Å². The number of piperazine rings is 1. The molecule has 0 spiro atoms. The lowest BCUT2D eigenvalue weighted by atomic mass is 10.2. The molecule has 0 aromatic rings. The Morgan fingerprint density at radius 2 is 1.78 bits per heavy atom. The second-order valence-corrected chi connectivity index (χ2v) is 7.29. The molecule has 3 aliphatic rings. The van der Waals surface area contributed by atoms with Gasteiger partial charge in [0, 0.05) is 58.4 Å². The summed E-state index contributed by atoms with van der Waals surface area (Å²) in [5, 5.41) is 3.25. The first-order chi connectivity index (χ1) is 11.6. The van der Waals surface area contributed by atoms with E-state index in [-0.39, 0.29) is 55.3 Å². The Morgan fingerprint density at radius 1 is 1.07 bits per heavy atom. The smallest absolute Gasteiger partial charge is 0.242 e. The van der Waals surface area contributed by atoms with E-state index in [0.29, 0.717) is 19.3 Å². The quantitative estimate of drug-likeness (QED) is 0.674. The first-order valence-electron chi connectivity index (χ1n) is 9.31. The molecule has 3 heterocycles. The van der Waals surface area contributed by atoms with E-state index in [9.17, 15) is 4.79 Å². The van der Waals surface area contributed by atoms with Crippen molar-refractivity contribution >= 4 is 43.1 Å². The SMILES string of the molecule is CC(C)N1CCOC(CN2CCN(C(=O)C3COCCN3)CC2)C1.Cl.Cl.Cl. The summed E-state index contributed by atoms with van der Waals surface area (Å²) < 4.78 is 11.3. The largest absolute Gasteiger partial charge is 0.378 e. The Morgan fingerprint density at radius 3 is 2.37 bits per heavy atom. The van der Waals surface area contributed by atoms with Crippen LogP contribution in [0.2, 0.25) is 0 Å². The van der Waals surface area contributed by atoms with Gasteiger partial charge in [-0.3, -0.25) is 14.6 Å². The number of amides is 1. The molecule has 3 saturated heterocycles. The van der Waals surface area contributed by atoms with Gasteiger partial charge in [0.1, 0.15) is 6.04 Å². The van der Waals surface area contributed by atoms with Crippen molar-refractivity contribution in [2.45, 2.75) is 32.0 Å². The Labute approximate surface area is 181 Å². The van der Waals surface area contributed by atoms with Gasteiger partial charge in [-0.1, -0.05) is 0 Å². The Hall–Kier alpha value is 0.140. The molecule has 0 aromatic heterocycles. The number of nitrogens with one attached hydrogen (secondary N) is 1. The second-order valence-electron chi connectivity index (χ2n) is 7.29. The fourth-order valence-corrected chi connectivity index (χ4v) is 3.70. The van der Waals surface area contributed by atoms with E-state index in [0.717, 1.165) is 59.0 Å². The van der Waals surface area contributed by atoms with Crippen LogP contribution >= 0.6 is 37.2 Å². The summed E-state index contributed by atoms with van der Waals surface area (Å²) in [6.45, 7) is 13.8. The highest BCUT2D eigenvalue weighted by Crippen LogP contribution is 2.12. The Kier molecular flexibility index (Phi) is 13.4. The van der Waals surface area contributed by atoms with Crippen LogP contribution in [0.15, 0.2) is 0 Å². The van der Waals surface area contributed by atoms with E-state index in [1.165, 1.54) is 0 Å². The topological polar surface area (TPSA) is 57.3 Å². The number of carbonyl (C=O) groups excluding carboxylic acids is 1. The highest BCUT2D eigenvalue weighted by atomic mass is 35.5. The first kappa shape index (κ1) is 27.1. The van der Waals surface area contributed by atoms with Crippen molar-refractivity contribution in [3.05, 3.63) is 0 Å². The molecule has 1 N–H and O–H groups in total. The fourth-order valence-electron chi connectivity index (χ4n) is 3.70. The normalized spacial score (nSPS) is 27.3. The Balaban J connectivity index is 0.00000225. The Bertz CT molecular complexity index is 420. The van der Waals surface area contributed by atoms with Crippen LogP contribution < -0.4 is 5.32 Å². The molecule has 0 aliphatic carbocycles. The van der Waals surface area contributed by atoms with Crippen LogP contribution in [-0.2, 0) is 14.3 Å². The van der Waals surface area contributed by atoms with Crippen LogP contribution in [0.5, 0.6) is 0 Å². The third kappa shape index (κ3) is 7.82. The minimum absolute atomic E-state index is 0. The summed E-state index contributed by atoms with van der Waals surface area (Å²) in [5.74, 6) is 0.189. The van der Waals surface area contributed by atoms with Crippen molar-refractivity contribution in [3.8, 4) is 0 Å². The monoisotopic (exact) mass is 448 g/mol. The predicted octanol–water partition coefficient (Wildman–Crippen LogP) is 0.494. The maximum Gasteiger partial charge on any atom is 0.242 e. The number of ether oxygens (including phenoxy) is 2. The molecular weight excluding hydrogens is 415 g/mol. The molecule has 10 heteroatoms. The molecule has 2 atom stereocenters. The van der Waals surface area contributed by atoms with Crippen molar-refractivity contribution < 1.29 is 14.3 Å². The number of halogens is 3. The van der Waals surface area contributed by atoms with Crippen LogP contribution in [0.1, 0.15) is 13.8 Å². The minimum atomic E-state index is -0.161. The lowest BCUT2D eigenvalue weighted by molar-refractivity contribution is -0.138. The zero-order chi connectivity index (χ0) is 16.9. The maximum atomic E-state index is 12.5. The third-order valence-electron chi connectivity index (χ3n) is 5.27. The van der Waals surface area contributed by atoms with Gasteiger partial charge in [-0.2, -0.15) is 0 Å². The van der Waals surface area contributed by atoms with E-state index in [2.05, 4.69) is 29.0 Å². The van der Waals surface area contributed by atoms with Gasteiger partial charge >= 0.3 is 0 Å². The highest BCUT2D eigenvalue weighted by Gasteiger charge is 2.30. The fraction of sp³-hybridized carbons (Fsp3) is 0.941. The highest BCUT2D eigenvalue weighted by molar-refractivity contribution is 5.86. The number of carbonyl (C=O) groups is 1. The maximum absolute atomic E-state index is 12.5. The summed E-state index contributed by atoms with van der Waals surface area (Å²) in [5.41, 5.74) is 0. The van der Waals surface area contributed by atoms with Gasteiger partial charge in [0.05, 0.1) is 25.9 Å². The molecule has 162 valence electrons. The molecule has 0 bridgehead atoms. The molecule has 2 unspecified atom stereocenters. The number of nitrogens with zero attached hydrogens (tertiary/aromatic N) is 3. The van der Waals surface area contributed by atoms with Crippen LogP contribution in [0, 0.1) is 0 Å². The molecule has 1 amide bonds. The van der Waals surface area contributed by atoms with E-state index in [1.807, 2.05) is 4.90 Å². The molecule has 3 rings (SSSR count).